The lowest BCUT2D eigenvalue weighted by Gasteiger charge is -2.17. The first-order valence-corrected chi connectivity index (χ1v) is 6.01. The first kappa shape index (κ1) is 14.6. The van der Waals surface area contributed by atoms with Crippen LogP contribution in [0.15, 0.2) is 22.7 Å². The molecule has 1 aromatic carbocycles. The number of anilines is 1. The highest BCUT2D eigenvalue weighted by Crippen LogP contribution is 2.27. The topological polar surface area (TPSA) is 98.3 Å². The first-order valence-electron chi connectivity index (χ1n) is 5.22. The zero-order valence-electron chi connectivity index (χ0n) is 10.1. The Morgan fingerprint density at radius 3 is 2.67 bits per heavy atom. The minimum Gasteiger partial charge on any atom is -0.326 e. The minimum atomic E-state index is -0.620. The van der Waals surface area contributed by atoms with E-state index in [4.69, 9.17) is 5.73 Å². The monoisotopic (exact) mass is 315 g/mol. The summed E-state index contributed by atoms with van der Waals surface area (Å²) >= 11 is 3.07. The van der Waals surface area contributed by atoms with Crippen molar-refractivity contribution in [1.29, 1.82) is 0 Å². The van der Waals surface area contributed by atoms with Crippen molar-refractivity contribution in [2.45, 2.75) is 25.8 Å². The Labute approximate surface area is 113 Å². The van der Waals surface area contributed by atoms with Gasteiger partial charge in [0.15, 0.2) is 0 Å². The van der Waals surface area contributed by atoms with Crippen molar-refractivity contribution in [2.24, 2.45) is 5.73 Å². The number of carbonyl (C=O) groups excluding carboxylic acids is 1. The van der Waals surface area contributed by atoms with Crippen molar-refractivity contribution in [3.05, 3.63) is 32.8 Å². The summed E-state index contributed by atoms with van der Waals surface area (Å²) in [4.78, 5) is 21.8. The molecule has 1 rings (SSSR count). The van der Waals surface area contributed by atoms with Gasteiger partial charge in [0.25, 0.3) is 5.69 Å². The van der Waals surface area contributed by atoms with Crippen molar-refractivity contribution in [2.75, 3.05) is 5.32 Å². The predicted octanol–water partition coefficient (Wildman–Crippen LogP) is 2.42. The number of carbonyl (C=O) groups is 1. The maximum Gasteiger partial charge on any atom is 0.285 e. The van der Waals surface area contributed by atoms with Gasteiger partial charge >= 0.3 is 0 Å². The highest BCUT2D eigenvalue weighted by molar-refractivity contribution is 9.10. The van der Waals surface area contributed by atoms with Crippen LogP contribution in [0.2, 0.25) is 0 Å². The number of hydrogen-bond donors (Lipinski definition) is 2. The van der Waals surface area contributed by atoms with Gasteiger partial charge in [0.05, 0.1) is 9.40 Å². The molecule has 98 valence electrons. The average molecular weight is 316 g/mol. The van der Waals surface area contributed by atoms with E-state index in [0.29, 0.717) is 10.2 Å². The van der Waals surface area contributed by atoms with Crippen molar-refractivity contribution >= 4 is 33.2 Å². The molecule has 0 saturated heterocycles. The Morgan fingerprint density at radius 2 is 2.17 bits per heavy atom. The summed E-state index contributed by atoms with van der Waals surface area (Å²) in [5.41, 5.74) is 5.37. The number of amides is 1. The van der Waals surface area contributed by atoms with E-state index in [0.717, 1.165) is 0 Å². The van der Waals surface area contributed by atoms with E-state index in [-0.39, 0.29) is 18.0 Å². The molecule has 0 aliphatic rings. The number of nitro groups is 1. The molecule has 0 atom stereocenters. The lowest BCUT2D eigenvalue weighted by molar-refractivity contribution is -0.385. The molecule has 0 saturated carbocycles. The minimum absolute atomic E-state index is 0.0974. The summed E-state index contributed by atoms with van der Waals surface area (Å²) in [5, 5.41) is 13.3. The Morgan fingerprint density at radius 1 is 1.56 bits per heavy atom. The molecule has 0 aromatic heterocycles. The average Bonchev–Trinajstić information content (AvgIpc) is 2.17. The molecule has 0 aliphatic heterocycles. The third-order valence-electron chi connectivity index (χ3n) is 2.04. The van der Waals surface area contributed by atoms with Crippen LogP contribution in [-0.2, 0) is 4.79 Å². The highest BCUT2D eigenvalue weighted by atomic mass is 79.9. The molecule has 7 heteroatoms. The van der Waals surface area contributed by atoms with Gasteiger partial charge in [0.1, 0.15) is 0 Å². The summed E-state index contributed by atoms with van der Waals surface area (Å²) in [6.45, 7) is 3.47. The van der Waals surface area contributed by atoms with Gasteiger partial charge in [-0.15, -0.1) is 0 Å². The highest BCUT2D eigenvalue weighted by Gasteiger charge is 2.18. The fraction of sp³-hybridized carbons (Fsp3) is 0.364. The second-order valence-electron chi connectivity index (χ2n) is 4.64. The summed E-state index contributed by atoms with van der Waals surface area (Å²) in [7, 11) is 0. The van der Waals surface area contributed by atoms with Crippen molar-refractivity contribution in [1.82, 2.24) is 0 Å². The fourth-order valence-corrected chi connectivity index (χ4v) is 1.74. The van der Waals surface area contributed by atoms with Crippen LogP contribution in [0, 0.1) is 10.1 Å². The van der Waals surface area contributed by atoms with Crippen molar-refractivity contribution in [3.8, 4) is 0 Å². The van der Waals surface area contributed by atoms with E-state index in [1.807, 2.05) is 0 Å². The zero-order chi connectivity index (χ0) is 13.9. The van der Waals surface area contributed by atoms with E-state index < -0.39 is 10.5 Å². The van der Waals surface area contributed by atoms with E-state index in [9.17, 15) is 14.9 Å². The van der Waals surface area contributed by atoms with Crippen molar-refractivity contribution in [3.63, 3.8) is 0 Å². The Hall–Kier alpha value is -1.47. The molecule has 6 nitrogen and oxygen atoms in total. The molecule has 3 N–H and O–H groups in total. The summed E-state index contributed by atoms with van der Waals surface area (Å²) < 4.78 is 0.365. The van der Waals surface area contributed by atoms with Gasteiger partial charge in [-0.1, -0.05) is 0 Å². The van der Waals surface area contributed by atoms with Crippen LogP contribution in [0.5, 0.6) is 0 Å². The van der Waals surface area contributed by atoms with Crippen LogP contribution in [0.3, 0.4) is 0 Å². The molecule has 0 fully saturated rings. The lowest BCUT2D eigenvalue weighted by atomic mass is 10.0. The third-order valence-corrected chi connectivity index (χ3v) is 2.71. The largest absolute Gasteiger partial charge is 0.326 e. The molecular weight excluding hydrogens is 302 g/mol. The number of nitrogens with two attached hydrogens (primary N) is 1. The van der Waals surface area contributed by atoms with Gasteiger partial charge in [-0.2, -0.15) is 0 Å². The smallest absolute Gasteiger partial charge is 0.285 e. The van der Waals surface area contributed by atoms with Gasteiger partial charge in [-0.25, -0.2) is 0 Å². The predicted molar refractivity (Wildman–Crippen MR) is 72.3 cm³/mol. The molecular formula is C11H14BrN3O3. The van der Waals surface area contributed by atoms with E-state index in [1.165, 1.54) is 12.1 Å². The molecule has 1 aromatic rings. The maximum atomic E-state index is 11.6. The SMILES string of the molecule is CC(C)(N)CC(=O)Nc1ccc(Br)c([N+](=O)[O-])c1. The number of nitro benzene ring substituents is 1. The number of nitrogens with one attached hydrogen (secondary N) is 1. The fourth-order valence-electron chi connectivity index (χ4n) is 1.35. The molecule has 0 spiro atoms. The maximum absolute atomic E-state index is 11.6. The van der Waals surface area contributed by atoms with E-state index >= 15 is 0 Å². The number of hydrogen-bond acceptors (Lipinski definition) is 4. The van der Waals surface area contributed by atoms with Crippen LogP contribution < -0.4 is 11.1 Å². The van der Waals surface area contributed by atoms with Crippen molar-refractivity contribution < 1.29 is 9.72 Å². The summed E-state index contributed by atoms with van der Waals surface area (Å²) in [6.07, 6.45) is 0.136. The van der Waals surface area contributed by atoms with Crippen LogP contribution in [0.4, 0.5) is 11.4 Å². The summed E-state index contributed by atoms with van der Waals surface area (Å²) in [6, 6.07) is 4.39. The van der Waals surface area contributed by atoms with Crippen LogP contribution >= 0.6 is 15.9 Å². The second kappa shape index (κ2) is 5.45. The number of rotatable bonds is 4. The first-order chi connectivity index (χ1) is 8.19. The van der Waals surface area contributed by atoms with Crippen LogP contribution in [0.1, 0.15) is 20.3 Å². The molecule has 0 bridgehead atoms. The molecule has 0 unspecified atom stereocenters. The molecule has 1 amide bonds. The zero-order valence-corrected chi connectivity index (χ0v) is 11.7. The van der Waals surface area contributed by atoms with Crippen LogP contribution in [0.25, 0.3) is 0 Å². The van der Waals surface area contributed by atoms with Gasteiger partial charge in [-0.3, -0.25) is 14.9 Å². The Balaban J connectivity index is 2.83. The van der Waals surface area contributed by atoms with Gasteiger partial charge in [0, 0.05) is 23.7 Å². The Kier molecular flexibility index (Phi) is 4.42. The quantitative estimate of drug-likeness (QED) is 0.658. The van der Waals surface area contributed by atoms with Gasteiger partial charge in [-0.05, 0) is 41.9 Å². The number of benzene rings is 1. The standard InChI is InChI=1S/C11H14BrN3O3/c1-11(2,13)6-10(16)14-7-3-4-8(12)9(5-7)15(17)18/h3-5H,6,13H2,1-2H3,(H,14,16). The summed E-state index contributed by atoms with van der Waals surface area (Å²) in [5.74, 6) is -0.279. The van der Waals surface area contributed by atoms with E-state index in [1.54, 1.807) is 19.9 Å². The molecule has 18 heavy (non-hydrogen) atoms. The number of halogens is 1. The third kappa shape index (κ3) is 4.42. The lowest BCUT2D eigenvalue weighted by Crippen LogP contribution is -2.36. The molecule has 0 heterocycles. The van der Waals surface area contributed by atoms with Gasteiger partial charge in [0.2, 0.25) is 5.91 Å². The van der Waals surface area contributed by atoms with Gasteiger partial charge < -0.3 is 11.1 Å². The van der Waals surface area contributed by atoms with Crippen LogP contribution in [-0.4, -0.2) is 16.4 Å². The Bertz CT molecular complexity index is 483. The molecule has 0 radical (unpaired) electrons. The molecule has 0 aliphatic carbocycles. The number of nitrogens with zero attached hydrogens (tertiary/aromatic N) is 1. The van der Waals surface area contributed by atoms with E-state index in [2.05, 4.69) is 21.2 Å². The normalized spacial score (nSPS) is 11.1. The second-order valence-corrected chi connectivity index (χ2v) is 5.49.